The van der Waals surface area contributed by atoms with Crippen molar-refractivity contribution in [1.82, 2.24) is 0 Å². The summed E-state index contributed by atoms with van der Waals surface area (Å²) in [5.41, 5.74) is 0. The van der Waals surface area contributed by atoms with E-state index in [1.165, 1.54) is 0 Å². The van der Waals surface area contributed by atoms with Gasteiger partial charge >= 0.3 is 80.9 Å². The number of hydrogen-bond donors (Lipinski definition) is 2. The van der Waals surface area contributed by atoms with E-state index in [1.54, 1.807) is 0 Å². The molecule has 0 aromatic rings. The van der Waals surface area contributed by atoms with Gasteiger partial charge in [-0.1, -0.05) is 0 Å². The average Bonchev–Trinajstić information content (AvgIpc) is 1.68. The van der Waals surface area contributed by atoms with Gasteiger partial charge in [0.15, 0.2) is 0 Å². The first-order chi connectivity index (χ1) is 3.31. The van der Waals surface area contributed by atoms with Crippen LogP contribution in [0, 0.1) is 0 Å². The summed E-state index contributed by atoms with van der Waals surface area (Å²) in [6, 6.07) is 0. The van der Waals surface area contributed by atoms with Crippen LogP contribution in [0.25, 0.3) is 0 Å². The maximum atomic E-state index is 9.13. The zero-order chi connectivity index (χ0) is 5.70. The zero-order valence-electron chi connectivity index (χ0n) is 6.08. The van der Waals surface area contributed by atoms with E-state index in [-0.39, 0.29) is 100.0 Å². The molecule has 52 valence electrons. The summed E-state index contributed by atoms with van der Waals surface area (Å²) in [5, 5.41) is 25.4. The van der Waals surface area contributed by atoms with Crippen molar-refractivity contribution in [3.63, 3.8) is 0 Å². The first kappa shape index (κ1) is 23.0. The summed E-state index contributed by atoms with van der Waals surface area (Å²) >= 11 is 0. The van der Waals surface area contributed by atoms with Crippen molar-refractivity contribution in [1.29, 1.82) is 0 Å². The molecule has 0 heterocycles. The smallest absolute Gasteiger partial charge is 1.00 e. The number of halogens is 1. The van der Waals surface area contributed by atoms with E-state index in [2.05, 4.69) is 4.89 Å². The van der Waals surface area contributed by atoms with Crippen LogP contribution in [-0.4, -0.2) is 29.5 Å². The molecule has 10 heavy (non-hydrogen) atoms. The van der Waals surface area contributed by atoms with E-state index < -0.39 is 12.7 Å². The summed E-state index contributed by atoms with van der Waals surface area (Å²) in [5.74, 6) is 0. The Morgan fingerprint density at radius 2 is 1.90 bits per heavy atom. The fraction of sp³-hybridized carbons (Fsp3) is 1.00. The molecule has 0 aromatic carbocycles. The van der Waals surface area contributed by atoms with Crippen LogP contribution in [0.4, 0.5) is 0 Å². The van der Waals surface area contributed by atoms with E-state index in [9.17, 15) is 0 Å². The standard InChI is InChI=1S/C3H8O4.ClH.K.Na/c4-1-3(5)2-7-6;;;/h3-6H,1-2H2;1H;;/q;;2*+1/p-2. The second kappa shape index (κ2) is 17.7. The van der Waals surface area contributed by atoms with Gasteiger partial charge in [0.05, 0.1) is 19.3 Å². The molecule has 1 atom stereocenters. The Morgan fingerprint density at radius 3 is 2.00 bits per heavy atom. The molecule has 0 rings (SSSR count). The molecule has 1 unspecified atom stereocenters. The fourth-order valence-corrected chi connectivity index (χ4v) is 0.131. The molecule has 0 bridgehead atoms. The molecule has 4 nitrogen and oxygen atoms in total. The van der Waals surface area contributed by atoms with Crippen LogP contribution in [0.3, 0.4) is 0 Å². The molecule has 7 heteroatoms. The van der Waals surface area contributed by atoms with E-state index in [0.29, 0.717) is 0 Å². The summed E-state index contributed by atoms with van der Waals surface area (Å²) in [6.07, 6.45) is -1.03. The molecule has 2 N–H and O–H groups in total. The van der Waals surface area contributed by atoms with Gasteiger partial charge in [-0.2, -0.15) is 0 Å². The van der Waals surface area contributed by atoms with Crippen molar-refractivity contribution in [3.05, 3.63) is 0 Å². The second-order valence-corrected chi connectivity index (χ2v) is 1.12. The second-order valence-electron chi connectivity index (χ2n) is 1.12. The number of aliphatic hydroxyl groups excluding tert-OH is 2. The Morgan fingerprint density at radius 1 is 1.50 bits per heavy atom. The van der Waals surface area contributed by atoms with E-state index in [0.717, 1.165) is 0 Å². The van der Waals surface area contributed by atoms with Gasteiger partial charge in [-0.05, 0) is 0 Å². The first-order valence-electron chi connectivity index (χ1n) is 1.85. The summed E-state index contributed by atoms with van der Waals surface area (Å²) < 4.78 is 0. The molecule has 0 spiro atoms. The van der Waals surface area contributed by atoms with Gasteiger partial charge in [-0.25, -0.2) is 0 Å². The van der Waals surface area contributed by atoms with Crippen molar-refractivity contribution >= 4 is 0 Å². The summed E-state index contributed by atoms with van der Waals surface area (Å²) in [6.45, 7) is -0.779. The molecular weight excluding hydrogens is 198 g/mol. The fourth-order valence-electron chi connectivity index (χ4n) is 0.131. The molecular formula is C3H7ClKNaO4. The Kier molecular flexibility index (Phi) is 40.8. The van der Waals surface area contributed by atoms with Crippen LogP contribution in [0.1, 0.15) is 0 Å². The summed E-state index contributed by atoms with van der Waals surface area (Å²) in [7, 11) is 0. The van der Waals surface area contributed by atoms with Crippen LogP contribution in [0.2, 0.25) is 0 Å². The van der Waals surface area contributed by atoms with Crippen LogP contribution in [-0.2, 0) is 4.89 Å². The van der Waals surface area contributed by atoms with E-state index >= 15 is 0 Å². The quantitative estimate of drug-likeness (QED) is 0.272. The predicted molar refractivity (Wildman–Crippen MR) is 19.0 cm³/mol. The van der Waals surface area contributed by atoms with Crippen LogP contribution in [0.5, 0.6) is 0 Å². The van der Waals surface area contributed by atoms with Crippen molar-refractivity contribution in [2.45, 2.75) is 6.10 Å². The van der Waals surface area contributed by atoms with Gasteiger partial charge in [0.1, 0.15) is 0 Å². The maximum Gasteiger partial charge on any atom is 1.00 e. The molecule has 0 radical (unpaired) electrons. The molecule has 0 aromatic heterocycles. The minimum absolute atomic E-state index is 0. The van der Waals surface area contributed by atoms with Gasteiger partial charge in [0, 0.05) is 0 Å². The van der Waals surface area contributed by atoms with Crippen molar-refractivity contribution in [2.24, 2.45) is 0 Å². The third-order valence-electron chi connectivity index (χ3n) is 0.471. The van der Waals surface area contributed by atoms with E-state index in [1.807, 2.05) is 0 Å². The van der Waals surface area contributed by atoms with Crippen LogP contribution in [0.15, 0.2) is 0 Å². The van der Waals surface area contributed by atoms with Gasteiger partial charge in [0.25, 0.3) is 0 Å². The predicted octanol–water partition coefficient (Wildman–Crippen LogP) is -11.4. The minimum Gasteiger partial charge on any atom is -1.00 e. The molecule has 0 fully saturated rings. The molecule has 0 aliphatic heterocycles. The Bertz CT molecular complexity index is 51.5. The molecule has 0 saturated heterocycles. The zero-order valence-corrected chi connectivity index (χ0v) is 12.0. The minimum atomic E-state index is -1.03. The number of rotatable bonds is 3. The monoisotopic (exact) mass is 204 g/mol. The topological polar surface area (TPSA) is 72.8 Å². The molecule has 0 aliphatic carbocycles. The van der Waals surface area contributed by atoms with Gasteiger partial charge in [-0.15, -0.1) is 0 Å². The van der Waals surface area contributed by atoms with Gasteiger partial charge < -0.3 is 32.8 Å². The Balaban J connectivity index is -0.0000000600. The van der Waals surface area contributed by atoms with E-state index in [4.69, 9.17) is 15.5 Å². The number of aliphatic hydroxyl groups is 2. The Hall–Kier alpha value is 2.77. The number of hydrogen-bond acceptors (Lipinski definition) is 4. The van der Waals surface area contributed by atoms with Crippen molar-refractivity contribution < 1.29 is 114 Å². The summed E-state index contributed by atoms with van der Waals surface area (Å²) in [4.78, 5) is 3.23. The third kappa shape index (κ3) is 17.0. The maximum absolute atomic E-state index is 9.13. The van der Waals surface area contributed by atoms with Crippen LogP contribution >= 0.6 is 0 Å². The van der Waals surface area contributed by atoms with Crippen LogP contribution < -0.4 is 98.6 Å². The molecule has 0 amide bonds. The van der Waals surface area contributed by atoms with Gasteiger partial charge in [-0.3, -0.25) is 0 Å². The average molecular weight is 205 g/mol. The third-order valence-corrected chi connectivity index (χ3v) is 0.471. The largest absolute Gasteiger partial charge is 1.00 e. The SMILES string of the molecule is [Cl-].[K+].[Na+].[O-]OCC(O)CO. The normalized spacial score (nSPS) is 9.90. The van der Waals surface area contributed by atoms with Crippen molar-refractivity contribution in [3.8, 4) is 0 Å². The van der Waals surface area contributed by atoms with Crippen molar-refractivity contribution in [2.75, 3.05) is 13.2 Å². The first-order valence-corrected chi connectivity index (χ1v) is 1.85. The molecule has 0 saturated carbocycles. The molecule has 0 aliphatic rings. The Labute approximate surface area is 130 Å². The van der Waals surface area contributed by atoms with Gasteiger partial charge in [0.2, 0.25) is 0 Å².